The molecule has 2 aliphatic heterocycles. The number of nitrogens with zero attached hydrogens (tertiary/aromatic N) is 1. The van der Waals surface area contributed by atoms with Crippen LogP contribution < -0.4 is 0 Å². The van der Waals surface area contributed by atoms with E-state index in [2.05, 4.69) is 0 Å². The zero-order valence-corrected chi connectivity index (χ0v) is 20.0. The molecule has 2 aliphatic rings. The van der Waals surface area contributed by atoms with Crippen LogP contribution in [-0.4, -0.2) is 62.8 Å². The van der Waals surface area contributed by atoms with Gasteiger partial charge in [-0.1, -0.05) is 42.5 Å². The highest BCUT2D eigenvalue weighted by atomic mass is 16.5. The highest BCUT2D eigenvalue weighted by Gasteiger charge is 2.55. The van der Waals surface area contributed by atoms with E-state index >= 15 is 0 Å². The number of ether oxygens (including phenoxy) is 4. The summed E-state index contributed by atoms with van der Waals surface area (Å²) in [6.07, 6.45) is 8.22. The van der Waals surface area contributed by atoms with Crippen LogP contribution in [0.25, 0.3) is 6.08 Å². The largest absolute Gasteiger partial charge is 0.466 e. The van der Waals surface area contributed by atoms with Crippen molar-refractivity contribution in [2.45, 2.75) is 12.5 Å². The maximum absolute atomic E-state index is 13.3. The number of carbonyl (C=O) groups excluding carboxylic acids is 4. The fourth-order valence-electron chi connectivity index (χ4n) is 4.23. The van der Waals surface area contributed by atoms with Gasteiger partial charge in [0.2, 0.25) is 0 Å². The van der Waals surface area contributed by atoms with E-state index in [1.165, 1.54) is 11.1 Å². The molecule has 0 bridgehead atoms. The predicted octanol–water partition coefficient (Wildman–Crippen LogP) is 2.47. The van der Waals surface area contributed by atoms with Crippen molar-refractivity contribution in [1.29, 1.82) is 0 Å². The van der Waals surface area contributed by atoms with E-state index in [9.17, 15) is 19.2 Å². The van der Waals surface area contributed by atoms with Gasteiger partial charge in [0.15, 0.2) is 0 Å². The minimum absolute atomic E-state index is 0.217. The van der Waals surface area contributed by atoms with Gasteiger partial charge in [-0.2, -0.15) is 0 Å². The zero-order chi connectivity index (χ0) is 25.8. The summed E-state index contributed by atoms with van der Waals surface area (Å²) in [5.41, 5.74) is -1.65. The van der Waals surface area contributed by atoms with Crippen molar-refractivity contribution in [3.05, 3.63) is 88.3 Å². The maximum Gasteiger partial charge on any atom is 0.355 e. The lowest BCUT2D eigenvalue weighted by Gasteiger charge is -2.48. The van der Waals surface area contributed by atoms with Crippen LogP contribution in [0.4, 0.5) is 0 Å². The van der Waals surface area contributed by atoms with Gasteiger partial charge in [0.05, 0.1) is 39.6 Å². The Morgan fingerprint density at radius 3 is 1.91 bits per heavy atom. The van der Waals surface area contributed by atoms with Crippen molar-refractivity contribution < 1.29 is 38.1 Å². The summed E-state index contributed by atoms with van der Waals surface area (Å²) in [5.74, 6) is -3.89. The molecule has 9 heteroatoms. The summed E-state index contributed by atoms with van der Waals surface area (Å²) in [7, 11) is 4.47. The van der Waals surface area contributed by atoms with Crippen LogP contribution in [0.15, 0.2) is 82.7 Å². The first-order chi connectivity index (χ1) is 16.8. The third-order valence-corrected chi connectivity index (χ3v) is 5.75. The van der Waals surface area contributed by atoms with Gasteiger partial charge in [0, 0.05) is 6.20 Å². The monoisotopic (exact) mass is 479 g/mol. The Morgan fingerprint density at radius 1 is 0.771 bits per heavy atom. The summed E-state index contributed by atoms with van der Waals surface area (Å²) in [4.78, 5) is 53.9. The lowest BCUT2D eigenvalue weighted by molar-refractivity contribution is -0.143. The summed E-state index contributed by atoms with van der Waals surface area (Å²) in [5, 5.41) is 0. The Balaban J connectivity index is 2.55. The molecule has 0 saturated carbocycles. The molecule has 0 fully saturated rings. The molecule has 0 N–H and O–H groups in total. The number of hydrogen-bond acceptors (Lipinski definition) is 9. The standard InChI is InChI=1S/C26H25NO8/c1-16(15-17-11-7-6-8-12-17)26-13-9-10-14-27(26)21(25(31)35-5)19(23(29)33-3)18(22(28)32-2)20(26)24(30)34-4/h6-15H,1-5H3/b16-15+/t26-/m0/s1. The smallest absolute Gasteiger partial charge is 0.355 e. The molecule has 1 aromatic carbocycles. The average molecular weight is 479 g/mol. The summed E-state index contributed by atoms with van der Waals surface area (Å²) in [6.45, 7) is 1.74. The van der Waals surface area contributed by atoms with Crippen molar-refractivity contribution in [3.63, 3.8) is 0 Å². The number of benzene rings is 1. The number of fused-ring (bicyclic) bond motifs is 1. The van der Waals surface area contributed by atoms with Crippen LogP contribution in [-0.2, 0) is 38.1 Å². The Morgan fingerprint density at radius 2 is 1.34 bits per heavy atom. The summed E-state index contributed by atoms with van der Waals surface area (Å²) < 4.78 is 19.9. The second-order valence-electron chi connectivity index (χ2n) is 7.51. The van der Waals surface area contributed by atoms with Gasteiger partial charge in [-0.15, -0.1) is 0 Å². The molecular formula is C26H25NO8. The Hall–Kier alpha value is -4.40. The van der Waals surface area contributed by atoms with Gasteiger partial charge >= 0.3 is 23.9 Å². The molecule has 35 heavy (non-hydrogen) atoms. The first-order valence-electron chi connectivity index (χ1n) is 10.5. The van der Waals surface area contributed by atoms with E-state index in [0.29, 0.717) is 5.57 Å². The van der Waals surface area contributed by atoms with Crippen molar-refractivity contribution in [2.75, 3.05) is 28.4 Å². The lowest BCUT2D eigenvalue weighted by Crippen LogP contribution is -2.55. The highest BCUT2D eigenvalue weighted by molar-refractivity contribution is 6.17. The van der Waals surface area contributed by atoms with E-state index in [0.717, 1.165) is 34.0 Å². The quantitative estimate of drug-likeness (QED) is 0.449. The first kappa shape index (κ1) is 25.2. The number of esters is 4. The van der Waals surface area contributed by atoms with Crippen molar-refractivity contribution in [3.8, 4) is 0 Å². The molecule has 2 heterocycles. The van der Waals surface area contributed by atoms with E-state index in [-0.39, 0.29) is 11.3 Å². The van der Waals surface area contributed by atoms with Gasteiger partial charge in [0.1, 0.15) is 16.8 Å². The minimum atomic E-state index is -1.54. The Labute approximate surface area is 202 Å². The topological polar surface area (TPSA) is 108 Å². The van der Waals surface area contributed by atoms with Crippen LogP contribution in [0.3, 0.4) is 0 Å². The molecule has 182 valence electrons. The van der Waals surface area contributed by atoms with Crippen molar-refractivity contribution in [2.24, 2.45) is 0 Å². The fraction of sp³-hybridized carbons (Fsp3) is 0.231. The second kappa shape index (κ2) is 10.3. The number of hydrogen-bond donors (Lipinski definition) is 0. The maximum atomic E-state index is 13.3. The molecular weight excluding hydrogens is 454 g/mol. The molecule has 9 nitrogen and oxygen atoms in total. The molecule has 0 unspecified atom stereocenters. The molecule has 1 aromatic rings. The highest BCUT2D eigenvalue weighted by Crippen LogP contribution is 2.48. The normalized spacial score (nSPS) is 19.2. The first-order valence-corrected chi connectivity index (χ1v) is 10.5. The summed E-state index contributed by atoms with van der Waals surface area (Å²) in [6, 6.07) is 9.26. The number of carbonyl (C=O) groups is 4. The molecule has 0 spiro atoms. The van der Waals surface area contributed by atoms with Gasteiger partial charge < -0.3 is 23.8 Å². The Bertz CT molecular complexity index is 1220. The van der Waals surface area contributed by atoms with Gasteiger partial charge in [-0.3, -0.25) is 0 Å². The van der Waals surface area contributed by atoms with Gasteiger partial charge in [0.25, 0.3) is 0 Å². The lowest BCUT2D eigenvalue weighted by atomic mass is 9.72. The molecule has 0 aromatic heterocycles. The SMILES string of the molecule is COC(=O)C1=C(C(=O)OC)N2C=CC=C[C@]2(/C(C)=C/c2ccccc2)C(C(=O)OC)=C1C(=O)OC. The zero-order valence-electron chi connectivity index (χ0n) is 20.0. The molecule has 1 atom stereocenters. The third-order valence-electron chi connectivity index (χ3n) is 5.75. The van der Waals surface area contributed by atoms with E-state index < -0.39 is 40.6 Å². The summed E-state index contributed by atoms with van der Waals surface area (Å²) >= 11 is 0. The van der Waals surface area contributed by atoms with Crippen LogP contribution in [0.2, 0.25) is 0 Å². The number of allylic oxidation sites excluding steroid dienone is 2. The third kappa shape index (κ3) is 4.16. The molecule has 0 aliphatic carbocycles. The van der Waals surface area contributed by atoms with Crippen molar-refractivity contribution in [1.82, 2.24) is 4.90 Å². The van der Waals surface area contributed by atoms with Crippen LogP contribution in [0.5, 0.6) is 0 Å². The van der Waals surface area contributed by atoms with E-state index in [1.54, 1.807) is 31.2 Å². The molecule has 0 saturated heterocycles. The minimum Gasteiger partial charge on any atom is -0.466 e. The predicted molar refractivity (Wildman–Crippen MR) is 125 cm³/mol. The number of methoxy groups -OCH3 is 4. The number of rotatable bonds is 6. The molecule has 0 amide bonds. The second-order valence-corrected chi connectivity index (χ2v) is 7.51. The Kier molecular flexibility index (Phi) is 7.39. The van der Waals surface area contributed by atoms with Gasteiger partial charge in [-0.05, 0) is 30.2 Å². The van der Waals surface area contributed by atoms with E-state index in [1.807, 2.05) is 30.3 Å². The van der Waals surface area contributed by atoms with Crippen LogP contribution >= 0.6 is 0 Å². The average Bonchev–Trinajstić information content (AvgIpc) is 2.90. The molecule has 0 radical (unpaired) electrons. The van der Waals surface area contributed by atoms with Gasteiger partial charge in [-0.25, -0.2) is 19.2 Å². The van der Waals surface area contributed by atoms with E-state index in [4.69, 9.17) is 18.9 Å². The van der Waals surface area contributed by atoms with Crippen LogP contribution in [0, 0.1) is 0 Å². The fourth-order valence-corrected chi connectivity index (χ4v) is 4.23. The van der Waals surface area contributed by atoms with Crippen LogP contribution in [0.1, 0.15) is 12.5 Å². The molecule has 3 rings (SSSR count). The van der Waals surface area contributed by atoms with Crippen molar-refractivity contribution >= 4 is 30.0 Å².